The monoisotopic (exact) mass is 310 g/mol. The van der Waals surface area contributed by atoms with E-state index in [1.54, 1.807) is 18.2 Å². The second-order valence-corrected chi connectivity index (χ2v) is 5.37. The number of hydrogen-bond donors (Lipinski definition) is 1. The predicted molar refractivity (Wildman–Crippen MR) is 83.2 cm³/mol. The van der Waals surface area contributed by atoms with E-state index in [0.29, 0.717) is 25.6 Å². The van der Waals surface area contributed by atoms with Gasteiger partial charge in [-0.25, -0.2) is 0 Å². The molecule has 2 atom stereocenters. The number of benzene rings is 1. The van der Waals surface area contributed by atoms with Crippen molar-refractivity contribution in [2.24, 2.45) is 0 Å². The highest BCUT2D eigenvalue weighted by Crippen LogP contribution is 2.33. The zero-order valence-electron chi connectivity index (χ0n) is 13.4. The minimum atomic E-state index is -0.427. The molecule has 5 heteroatoms. The number of phenols is 1. The number of hydrogen-bond acceptors (Lipinski definition) is 5. The standard InChI is InChI=1S/C17H26O5/c1-3-5-6-9-19-11-14-12-21-17(22-14)13-7-8-15(18)16(10-13)20-4-2/h7-8,10,14,17-18H,3-6,9,11-12H2,1-2H3. The Hall–Kier alpha value is -1.30. The lowest BCUT2D eigenvalue weighted by atomic mass is 10.2. The third kappa shape index (κ3) is 4.87. The van der Waals surface area contributed by atoms with Crippen molar-refractivity contribution in [1.29, 1.82) is 0 Å². The SMILES string of the molecule is CCCCCOCC1COC(c2ccc(O)c(OCC)c2)O1. The topological polar surface area (TPSA) is 57.2 Å². The molecule has 2 rings (SSSR count). The fourth-order valence-electron chi connectivity index (χ4n) is 2.33. The van der Waals surface area contributed by atoms with Crippen molar-refractivity contribution >= 4 is 0 Å². The van der Waals surface area contributed by atoms with E-state index in [4.69, 9.17) is 18.9 Å². The van der Waals surface area contributed by atoms with Crippen LogP contribution in [-0.4, -0.2) is 37.6 Å². The summed E-state index contributed by atoms with van der Waals surface area (Å²) in [4.78, 5) is 0. The Kier molecular flexibility index (Phi) is 6.96. The van der Waals surface area contributed by atoms with Gasteiger partial charge in [0.1, 0.15) is 6.10 Å². The Bertz CT molecular complexity index is 449. The van der Waals surface area contributed by atoms with Crippen LogP contribution in [0.2, 0.25) is 0 Å². The van der Waals surface area contributed by atoms with Crippen LogP contribution in [0.1, 0.15) is 45.0 Å². The predicted octanol–water partition coefficient (Wildman–Crippen LogP) is 3.41. The van der Waals surface area contributed by atoms with Crippen molar-refractivity contribution in [3.8, 4) is 11.5 Å². The number of unbranched alkanes of at least 4 members (excludes halogenated alkanes) is 2. The Balaban J connectivity index is 1.81. The molecule has 1 aromatic carbocycles. The molecule has 0 bridgehead atoms. The smallest absolute Gasteiger partial charge is 0.184 e. The summed E-state index contributed by atoms with van der Waals surface area (Å²) in [7, 11) is 0. The highest BCUT2D eigenvalue weighted by molar-refractivity contribution is 5.42. The van der Waals surface area contributed by atoms with Gasteiger partial charge in [0.2, 0.25) is 0 Å². The van der Waals surface area contributed by atoms with E-state index in [1.807, 2.05) is 6.92 Å². The molecule has 1 heterocycles. The highest BCUT2D eigenvalue weighted by Gasteiger charge is 2.28. The van der Waals surface area contributed by atoms with E-state index in [9.17, 15) is 5.11 Å². The van der Waals surface area contributed by atoms with Crippen molar-refractivity contribution in [1.82, 2.24) is 0 Å². The third-order valence-electron chi connectivity index (χ3n) is 3.50. The third-order valence-corrected chi connectivity index (χ3v) is 3.50. The van der Waals surface area contributed by atoms with Crippen LogP contribution in [0, 0.1) is 0 Å². The molecule has 0 amide bonds. The number of ether oxygens (including phenoxy) is 4. The maximum Gasteiger partial charge on any atom is 0.184 e. The highest BCUT2D eigenvalue weighted by atomic mass is 16.7. The largest absolute Gasteiger partial charge is 0.504 e. The van der Waals surface area contributed by atoms with E-state index in [2.05, 4.69) is 6.92 Å². The molecule has 1 N–H and O–H groups in total. The summed E-state index contributed by atoms with van der Waals surface area (Å²) in [5, 5.41) is 9.72. The molecule has 0 spiro atoms. The summed E-state index contributed by atoms with van der Waals surface area (Å²) in [6, 6.07) is 5.14. The van der Waals surface area contributed by atoms with Gasteiger partial charge in [-0.05, 0) is 25.5 Å². The van der Waals surface area contributed by atoms with Gasteiger partial charge < -0.3 is 24.1 Å². The van der Waals surface area contributed by atoms with Gasteiger partial charge >= 0.3 is 0 Å². The molecule has 2 unspecified atom stereocenters. The first-order valence-corrected chi connectivity index (χ1v) is 8.05. The van der Waals surface area contributed by atoms with Gasteiger partial charge in [0.05, 0.1) is 19.8 Å². The molecule has 5 nitrogen and oxygen atoms in total. The number of rotatable bonds is 9. The molecule has 1 aliphatic heterocycles. The van der Waals surface area contributed by atoms with E-state index in [-0.39, 0.29) is 11.9 Å². The Morgan fingerprint density at radius 3 is 2.91 bits per heavy atom. The van der Waals surface area contributed by atoms with Crippen LogP contribution < -0.4 is 4.74 Å². The first-order valence-electron chi connectivity index (χ1n) is 8.05. The van der Waals surface area contributed by atoms with Crippen molar-refractivity contribution in [2.45, 2.75) is 45.5 Å². The van der Waals surface area contributed by atoms with Crippen LogP contribution in [0.25, 0.3) is 0 Å². The van der Waals surface area contributed by atoms with Crippen LogP contribution in [0.4, 0.5) is 0 Å². The fourth-order valence-corrected chi connectivity index (χ4v) is 2.33. The van der Waals surface area contributed by atoms with Gasteiger partial charge in [-0.15, -0.1) is 0 Å². The minimum absolute atomic E-state index is 0.0454. The quantitative estimate of drug-likeness (QED) is 0.708. The van der Waals surface area contributed by atoms with E-state index < -0.39 is 6.29 Å². The normalized spacial score (nSPS) is 21.2. The lowest BCUT2D eigenvalue weighted by Gasteiger charge is -2.14. The van der Waals surface area contributed by atoms with Crippen LogP contribution >= 0.6 is 0 Å². The van der Waals surface area contributed by atoms with Gasteiger partial charge in [-0.3, -0.25) is 0 Å². The van der Waals surface area contributed by atoms with Gasteiger partial charge in [0, 0.05) is 12.2 Å². The Morgan fingerprint density at radius 1 is 1.27 bits per heavy atom. The molecule has 1 saturated heterocycles. The second-order valence-electron chi connectivity index (χ2n) is 5.37. The second kappa shape index (κ2) is 8.98. The zero-order valence-corrected chi connectivity index (χ0v) is 13.4. The lowest BCUT2D eigenvalue weighted by Crippen LogP contribution is -2.18. The molecule has 124 valence electrons. The van der Waals surface area contributed by atoms with Crippen LogP contribution in [0.15, 0.2) is 18.2 Å². The van der Waals surface area contributed by atoms with Gasteiger partial charge in [-0.2, -0.15) is 0 Å². The van der Waals surface area contributed by atoms with Crippen molar-refractivity contribution in [3.05, 3.63) is 23.8 Å². The maximum absolute atomic E-state index is 9.72. The number of aromatic hydroxyl groups is 1. The summed E-state index contributed by atoms with van der Waals surface area (Å²) in [5.74, 6) is 0.575. The van der Waals surface area contributed by atoms with Crippen LogP contribution in [0.5, 0.6) is 11.5 Å². The Morgan fingerprint density at radius 2 is 2.14 bits per heavy atom. The summed E-state index contributed by atoms with van der Waals surface area (Å²) in [6.07, 6.45) is 3.00. The minimum Gasteiger partial charge on any atom is -0.504 e. The molecule has 0 radical (unpaired) electrons. The molecule has 0 aromatic heterocycles. The average Bonchev–Trinajstić information content (AvgIpc) is 2.98. The molecular formula is C17H26O5. The van der Waals surface area contributed by atoms with Gasteiger partial charge in [-0.1, -0.05) is 25.8 Å². The zero-order chi connectivity index (χ0) is 15.8. The molecule has 1 aromatic rings. The first-order chi connectivity index (χ1) is 10.7. The van der Waals surface area contributed by atoms with E-state index >= 15 is 0 Å². The van der Waals surface area contributed by atoms with E-state index in [0.717, 1.165) is 18.6 Å². The summed E-state index contributed by atoms with van der Waals surface area (Å²) in [6.45, 7) is 6.39. The fraction of sp³-hybridized carbons (Fsp3) is 0.647. The maximum atomic E-state index is 9.72. The summed E-state index contributed by atoms with van der Waals surface area (Å²) >= 11 is 0. The Labute approximate surface area is 132 Å². The molecule has 0 aliphatic carbocycles. The molecular weight excluding hydrogens is 284 g/mol. The van der Waals surface area contributed by atoms with Crippen molar-refractivity contribution in [3.63, 3.8) is 0 Å². The molecule has 22 heavy (non-hydrogen) atoms. The molecule has 0 saturated carbocycles. The summed E-state index contributed by atoms with van der Waals surface area (Å²) in [5.41, 5.74) is 0.842. The molecule has 1 aliphatic rings. The van der Waals surface area contributed by atoms with Crippen LogP contribution in [0.3, 0.4) is 0 Å². The van der Waals surface area contributed by atoms with Gasteiger partial charge in [0.25, 0.3) is 0 Å². The van der Waals surface area contributed by atoms with Crippen LogP contribution in [-0.2, 0) is 14.2 Å². The van der Waals surface area contributed by atoms with E-state index in [1.165, 1.54) is 12.8 Å². The lowest BCUT2D eigenvalue weighted by molar-refractivity contribution is -0.0740. The summed E-state index contributed by atoms with van der Waals surface area (Å²) < 4.78 is 22.5. The first kappa shape index (κ1) is 17.1. The average molecular weight is 310 g/mol. The van der Waals surface area contributed by atoms with Crippen molar-refractivity contribution in [2.75, 3.05) is 26.4 Å². The van der Waals surface area contributed by atoms with Gasteiger partial charge in [0.15, 0.2) is 17.8 Å². The number of phenolic OH excluding ortho intramolecular Hbond substituents is 1. The van der Waals surface area contributed by atoms with Crippen molar-refractivity contribution < 1.29 is 24.1 Å². The molecule has 1 fully saturated rings.